The van der Waals surface area contributed by atoms with Gasteiger partial charge in [-0.25, -0.2) is 4.79 Å². The molecule has 0 spiro atoms. The van der Waals surface area contributed by atoms with Gasteiger partial charge in [0, 0.05) is 44.5 Å². The monoisotopic (exact) mass is 438 g/mol. The van der Waals surface area contributed by atoms with Gasteiger partial charge in [-0.05, 0) is 56.0 Å². The Hall–Kier alpha value is -3.02. The standard InChI is InChI=1S/C26H38N4O2/c1-7-20(8-2)25(31)30(19(4)21-13-11-10-12-14-21)18-22-17-23(28-26(32)27-9-3)15-16-24(22)29(5)6/h10-17,19-20H,7-9,18H2,1-6H3,(H2,27,28,32)/t19-/m0/s1. The van der Waals surface area contributed by atoms with E-state index in [1.54, 1.807) is 0 Å². The van der Waals surface area contributed by atoms with E-state index in [0.29, 0.717) is 18.8 Å². The van der Waals surface area contributed by atoms with Gasteiger partial charge in [0.1, 0.15) is 0 Å². The van der Waals surface area contributed by atoms with Crippen LogP contribution in [0.2, 0.25) is 0 Å². The molecule has 0 saturated carbocycles. The van der Waals surface area contributed by atoms with Crippen LogP contribution in [0.15, 0.2) is 48.5 Å². The second-order valence-corrected chi connectivity index (χ2v) is 8.29. The van der Waals surface area contributed by atoms with Crippen LogP contribution < -0.4 is 15.5 Å². The zero-order valence-electron chi connectivity index (χ0n) is 20.3. The Labute approximate surface area is 193 Å². The van der Waals surface area contributed by atoms with Crippen LogP contribution in [-0.4, -0.2) is 37.5 Å². The van der Waals surface area contributed by atoms with Crippen LogP contribution in [0.4, 0.5) is 16.2 Å². The highest BCUT2D eigenvalue weighted by molar-refractivity contribution is 5.89. The molecule has 2 rings (SSSR count). The first-order chi connectivity index (χ1) is 15.3. The molecule has 0 saturated heterocycles. The lowest BCUT2D eigenvalue weighted by Crippen LogP contribution is -2.37. The van der Waals surface area contributed by atoms with Crippen molar-refractivity contribution in [1.82, 2.24) is 10.2 Å². The van der Waals surface area contributed by atoms with Crippen molar-refractivity contribution in [2.24, 2.45) is 5.92 Å². The molecule has 0 aliphatic heterocycles. The summed E-state index contributed by atoms with van der Waals surface area (Å²) in [6.45, 7) is 9.12. The first-order valence-electron chi connectivity index (χ1n) is 11.5. The Bertz CT molecular complexity index is 879. The lowest BCUT2D eigenvalue weighted by Gasteiger charge is -2.34. The fourth-order valence-electron chi connectivity index (χ4n) is 3.94. The van der Waals surface area contributed by atoms with E-state index in [4.69, 9.17) is 0 Å². The van der Waals surface area contributed by atoms with Gasteiger partial charge in [-0.1, -0.05) is 44.2 Å². The smallest absolute Gasteiger partial charge is 0.319 e. The van der Waals surface area contributed by atoms with Crippen molar-refractivity contribution in [3.8, 4) is 0 Å². The maximum atomic E-state index is 13.6. The third kappa shape index (κ3) is 6.49. The van der Waals surface area contributed by atoms with Gasteiger partial charge >= 0.3 is 6.03 Å². The molecule has 0 bridgehead atoms. The molecule has 1 atom stereocenters. The molecule has 0 fully saturated rings. The zero-order valence-corrected chi connectivity index (χ0v) is 20.3. The normalized spacial score (nSPS) is 11.7. The number of amides is 3. The molecule has 2 N–H and O–H groups in total. The van der Waals surface area contributed by atoms with Crippen LogP contribution in [0.1, 0.15) is 57.7 Å². The third-order valence-electron chi connectivity index (χ3n) is 5.86. The zero-order chi connectivity index (χ0) is 23.7. The quantitative estimate of drug-likeness (QED) is 0.521. The van der Waals surface area contributed by atoms with Crippen LogP contribution in [0.3, 0.4) is 0 Å². The number of benzene rings is 2. The van der Waals surface area contributed by atoms with E-state index in [2.05, 4.69) is 43.5 Å². The first-order valence-corrected chi connectivity index (χ1v) is 11.5. The minimum Gasteiger partial charge on any atom is -0.377 e. The highest BCUT2D eigenvalue weighted by Crippen LogP contribution is 2.30. The maximum Gasteiger partial charge on any atom is 0.319 e. The SMILES string of the molecule is CCNC(=O)Nc1ccc(N(C)C)c(CN(C(=O)C(CC)CC)[C@@H](C)c2ccccc2)c1. The molecular formula is C26H38N4O2. The maximum absolute atomic E-state index is 13.6. The Morgan fingerprint density at radius 1 is 0.969 bits per heavy atom. The lowest BCUT2D eigenvalue weighted by molar-refractivity contribution is -0.138. The lowest BCUT2D eigenvalue weighted by atomic mass is 9.98. The number of hydrogen-bond donors (Lipinski definition) is 2. The van der Waals surface area contributed by atoms with E-state index in [-0.39, 0.29) is 23.9 Å². The van der Waals surface area contributed by atoms with Crippen LogP contribution in [0.25, 0.3) is 0 Å². The number of carbonyl (C=O) groups is 2. The predicted molar refractivity (Wildman–Crippen MR) is 133 cm³/mol. The number of hydrogen-bond acceptors (Lipinski definition) is 3. The van der Waals surface area contributed by atoms with Gasteiger partial charge < -0.3 is 20.4 Å². The van der Waals surface area contributed by atoms with Crippen LogP contribution in [-0.2, 0) is 11.3 Å². The van der Waals surface area contributed by atoms with Gasteiger partial charge in [0.15, 0.2) is 0 Å². The van der Waals surface area contributed by atoms with Crippen molar-refractivity contribution in [3.05, 3.63) is 59.7 Å². The molecule has 0 aliphatic rings. The van der Waals surface area contributed by atoms with E-state index >= 15 is 0 Å². The summed E-state index contributed by atoms with van der Waals surface area (Å²) in [6.07, 6.45) is 1.62. The fourth-order valence-corrected chi connectivity index (χ4v) is 3.94. The van der Waals surface area contributed by atoms with E-state index in [1.165, 1.54) is 0 Å². The summed E-state index contributed by atoms with van der Waals surface area (Å²) in [5.41, 5.74) is 3.83. The molecule has 0 aromatic heterocycles. The number of carbonyl (C=O) groups excluding carboxylic acids is 2. The number of anilines is 2. The van der Waals surface area contributed by atoms with Crippen molar-refractivity contribution >= 4 is 23.3 Å². The topological polar surface area (TPSA) is 64.7 Å². The van der Waals surface area contributed by atoms with E-state index in [0.717, 1.165) is 29.7 Å². The Morgan fingerprint density at radius 2 is 1.62 bits per heavy atom. The van der Waals surface area contributed by atoms with Crippen LogP contribution >= 0.6 is 0 Å². The fraction of sp³-hybridized carbons (Fsp3) is 0.462. The van der Waals surface area contributed by atoms with Gasteiger partial charge in [-0.2, -0.15) is 0 Å². The Balaban J connectivity index is 2.45. The second-order valence-electron chi connectivity index (χ2n) is 8.29. The van der Waals surface area contributed by atoms with E-state index in [9.17, 15) is 9.59 Å². The number of nitrogens with zero attached hydrogens (tertiary/aromatic N) is 2. The van der Waals surface area contributed by atoms with Gasteiger partial charge in [-0.15, -0.1) is 0 Å². The first kappa shape index (κ1) is 25.2. The summed E-state index contributed by atoms with van der Waals surface area (Å²) >= 11 is 0. The van der Waals surface area contributed by atoms with Crippen LogP contribution in [0.5, 0.6) is 0 Å². The number of nitrogens with one attached hydrogen (secondary N) is 2. The van der Waals surface area contributed by atoms with Gasteiger partial charge in [-0.3, -0.25) is 4.79 Å². The molecule has 3 amide bonds. The molecule has 6 nitrogen and oxygen atoms in total. The molecule has 0 heterocycles. The van der Waals surface area contributed by atoms with Crippen molar-refractivity contribution in [2.75, 3.05) is 30.9 Å². The molecular weight excluding hydrogens is 400 g/mol. The third-order valence-corrected chi connectivity index (χ3v) is 5.86. The molecule has 6 heteroatoms. The summed E-state index contributed by atoms with van der Waals surface area (Å²) in [4.78, 5) is 29.6. The second kappa shape index (κ2) is 12.1. The van der Waals surface area contributed by atoms with Crippen molar-refractivity contribution < 1.29 is 9.59 Å². The summed E-state index contributed by atoms with van der Waals surface area (Å²) in [7, 11) is 3.98. The molecule has 2 aromatic carbocycles. The molecule has 174 valence electrons. The highest BCUT2D eigenvalue weighted by Gasteiger charge is 2.27. The summed E-state index contributed by atoms with van der Waals surface area (Å²) in [5, 5.41) is 5.64. The van der Waals surface area contributed by atoms with Crippen molar-refractivity contribution in [1.29, 1.82) is 0 Å². The van der Waals surface area contributed by atoms with Gasteiger partial charge in [0.25, 0.3) is 0 Å². The van der Waals surface area contributed by atoms with Gasteiger partial charge in [0.05, 0.1) is 6.04 Å². The molecule has 2 aromatic rings. The largest absolute Gasteiger partial charge is 0.377 e. The number of rotatable bonds is 10. The average Bonchev–Trinajstić information content (AvgIpc) is 2.78. The highest BCUT2D eigenvalue weighted by atomic mass is 16.2. The average molecular weight is 439 g/mol. The Kier molecular flexibility index (Phi) is 9.57. The molecule has 0 aliphatic carbocycles. The summed E-state index contributed by atoms with van der Waals surface area (Å²) in [6, 6.07) is 15.7. The number of urea groups is 1. The summed E-state index contributed by atoms with van der Waals surface area (Å²) < 4.78 is 0. The molecule has 0 unspecified atom stereocenters. The Morgan fingerprint density at radius 3 is 2.19 bits per heavy atom. The van der Waals surface area contributed by atoms with Crippen molar-refractivity contribution in [2.45, 2.75) is 53.1 Å². The van der Waals surface area contributed by atoms with Crippen LogP contribution in [0, 0.1) is 5.92 Å². The van der Waals surface area contributed by atoms with E-state index < -0.39 is 0 Å². The van der Waals surface area contributed by atoms with E-state index in [1.807, 2.05) is 67.2 Å². The minimum atomic E-state index is -0.237. The minimum absolute atomic E-state index is 0.0133. The predicted octanol–water partition coefficient (Wildman–Crippen LogP) is 5.42. The van der Waals surface area contributed by atoms with Gasteiger partial charge in [0.2, 0.25) is 5.91 Å². The molecule has 0 radical (unpaired) electrons. The van der Waals surface area contributed by atoms with Crippen molar-refractivity contribution in [3.63, 3.8) is 0 Å². The molecule has 32 heavy (non-hydrogen) atoms. The summed E-state index contributed by atoms with van der Waals surface area (Å²) in [5.74, 6) is 0.152.